The maximum absolute atomic E-state index is 11.8. The Bertz CT molecular complexity index is 352. The van der Waals surface area contributed by atoms with E-state index in [9.17, 15) is 4.79 Å². The van der Waals surface area contributed by atoms with Gasteiger partial charge < -0.3 is 10.1 Å². The molecule has 1 aromatic rings. The van der Waals surface area contributed by atoms with Crippen LogP contribution < -0.4 is 5.32 Å². The van der Waals surface area contributed by atoms with Gasteiger partial charge in [0.2, 0.25) is 5.91 Å². The van der Waals surface area contributed by atoms with Crippen molar-refractivity contribution >= 4 is 5.91 Å². The standard InChI is InChI=1S/C14H22N2O2/c1-11(2)13(10-18-3)16-14(17)8-7-12-6-4-5-9-15-12/h4-6,9,11,13H,7-8,10H2,1-3H3,(H,16,17)/t13-/m1/s1. The third kappa shape index (κ3) is 5.27. The van der Waals surface area contributed by atoms with Crippen molar-refractivity contribution in [2.45, 2.75) is 32.7 Å². The Morgan fingerprint density at radius 1 is 1.44 bits per heavy atom. The molecule has 0 aromatic carbocycles. The van der Waals surface area contributed by atoms with E-state index in [4.69, 9.17) is 4.74 Å². The number of nitrogens with zero attached hydrogens (tertiary/aromatic N) is 1. The fraction of sp³-hybridized carbons (Fsp3) is 0.571. The van der Waals surface area contributed by atoms with Crippen LogP contribution in [0.3, 0.4) is 0 Å². The van der Waals surface area contributed by atoms with Gasteiger partial charge in [-0.25, -0.2) is 0 Å². The molecule has 0 saturated carbocycles. The molecular formula is C14H22N2O2. The van der Waals surface area contributed by atoms with Gasteiger partial charge >= 0.3 is 0 Å². The first kappa shape index (κ1) is 14.6. The third-order valence-corrected chi connectivity index (χ3v) is 2.83. The van der Waals surface area contributed by atoms with Crippen LogP contribution in [0.5, 0.6) is 0 Å². The van der Waals surface area contributed by atoms with Gasteiger partial charge in [-0.3, -0.25) is 9.78 Å². The lowest BCUT2D eigenvalue weighted by atomic mass is 10.1. The maximum atomic E-state index is 11.8. The SMILES string of the molecule is COC[C@@H](NC(=O)CCc1ccccn1)C(C)C. The Hall–Kier alpha value is -1.42. The summed E-state index contributed by atoms with van der Waals surface area (Å²) in [6.07, 6.45) is 2.88. The van der Waals surface area contributed by atoms with Crippen molar-refractivity contribution in [1.29, 1.82) is 0 Å². The van der Waals surface area contributed by atoms with Gasteiger partial charge in [0.1, 0.15) is 0 Å². The molecule has 0 spiro atoms. The van der Waals surface area contributed by atoms with Crippen LogP contribution in [0, 0.1) is 5.92 Å². The third-order valence-electron chi connectivity index (χ3n) is 2.83. The number of rotatable bonds is 7. The Morgan fingerprint density at radius 3 is 2.78 bits per heavy atom. The van der Waals surface area contributed by atoms with Crippen molar-refractivity contribution in [2.75, 3.05) is 13.7 Å². The molecule has 0 unspecified atom stereocenters. The van der Waals surface area contributed by atoms with E-state index in [1.807, 2.05) is 18.2 Å². The summed E-state index contributed by atoms with van der Waals surface area (Å²) >= 11 is 0. The smallest absolute Gasteiger partial charge is 0.220 e. The molecule has 0 aliphatic carbocycles. The first-order chi connectivity index (χ1) is 8.63. The monoisotopic (exact) mass is 250 g/mol. The topological polar surface area (TPSA) is 51.2 Å². The highest BCUT2D eigenvalue weighted by Gasteiger charge is 2.15. The van der Waals surface area contributed by atoms with Gasteiger partial charge in [-0.1, -0.05) is 19.9 Å². The second-order valence-corrected chi connectivity index (χ2v) is 4.69. The van der Waals surface area contributed by atoms with E-state index in [0.29, 0.717) is 25.4 Å². The van der Waals surface area contributed by atoms with E-state index in [1.54, 1.807) is 13.3 Å². The molecule has 1 heterocycles. The lowest BCUT2D eigenvalue weighted by Gasteiger charge is -2.21. The molecule has 0 saturated heterocycles. The van der Waals surface area contributed by atoms with E-state index >= 15 is 0 Å². The lowest BCUT2D eigenvalue weighted by Crippen LogP contribution is -2.41. The summed E-state index contributed by atoms with van der Waals surface area (Å²) in [4.78, 5) is 16.0. The molecular weight excluding hydrogens is 228 g/mol. The van der Waals surface area contributed by atoms with Crippen LogP contribution in [0.25, 0.3) is 0 Å². The second kappa shape index (κ2) is 7.82. The predicted molar refractivity (Wildman–Crippen MR) is 71.2 cm³/mol. The summed E-state index contributed by atoms with van der Waals surface area (Å²) in [5.41, 5.74) is 0.945. The average molecular weight is 250 g/mol. The number of hydrogen-bond donors (Lipinski definition) is 1. The van der Waals surface area contributed by atoms with Crippen molar-refractivity contribution in [2.24, 2.45) is 5.92 Å². The van der Waals surface area contributed by atoms with Gasteiger partial charge in [-0.2, -0.15) is 0 Å². The van der Waals surface area contributed by atoms with E-state index in [-0.39, 0.29) is 11.9 Å². The minimum Gasteiger partial charge on any atom is -0.383 e. The van der Waals surface area contributed by atoms with Crippen molar-refractivity contribution in [1.82, 2.24) is 10.3 Å². The summed E-state index contributed by atoms with van der Waals surface area (Å²) in [5.74, 6) is 0.417. The van der Waals surface area contributed by atoms with Crippen molar-refractivity contribution < 1.29 is 9.53 Å². The molecule has 100 valence electrons. The van der Waals surface area contributed by atoms with Gasteiger partial charge in [0.25, 0.3) is 0 Å². The van der Waals surface area contributed by atoms with Gasteiger partial charge in [0.15, 0.2) is 0 Å². The second-order valence-electron chi connectivity index (χ2n) is 4.69. The number of nitrogens with one attached hydrogen (secondary N) is 1. The summed E-state index contributed by atoms with van der Waals surface area (Å²) in [5, 5.41) is 3.00. The van der Waals surface area contributed by atoms with Crippen LogP contribution in [-0.2, 0) is 16.0 Å². The number of methoxy groups -OCH3 is 1. The first-order valence-corrected chi connectivity index (χ1v) is 6.31. The Labute approximate surface area is 109 Å². The number of pyridine rings is 1. The van der Waals surface area contributed by atoms with Crippen LogP contribution in [0.2, 0.25) is 0 Å². The van der Waals surface area contributed by atoms with Gasteiger partial charge in [0.05, 0.1) is 12.6 Å². The zero-order valence-electron chi connectivity index (χ0n) is 11.3. The summed E-state index contributed by atoms with van der Waals surface area (Å²) in [6, 6.07) is 5.81. The molecule has 0 bridgehead atoms. The average Bonchev–Trinajstić information content (AvgIpc) is 2.37. The fourth-order valence-corrected chi connectivity index (χ4v) is 1.65. The molecule has 4 heteroatoms. The summed E-state index contributed by atoms with van der Waals surface area (Å²) < 4.78 is 5.10. The molecule has 0 aliphatic heterocycles. The minimum atomic E-state index is 0.0522. The number of hydrogen-bond acceptors (Lipinski definition) is 3. The summed E-state index contributed by atoms with van der Waals surface area (Å²) in [7, 11) is 1.65. The Balaban J connectivity index is 2.36. The van der Waals surface area contributed by atoms with E-state index in [0.717, 1.165) is 5.69 Å². The number of amides is 1. The number of aromatic nitrogens is 1. The zero-order chi connectivity index (χ0) is 13.4. The number of carbonyl (C=O) groups is 1. The lowest BCUT2D eigenvalue weighted by molar-refractivity contribution is -0.122. The van der Waals surface area contributed by atoms with Crippen molar-refractivity contribution in [3.63, 3.8) is 0 Å². The Morgan fingerprint density at radius 2 is 2.22 bits per heavy atom. The van der Waals surface area contributed by atoms with Crippen LogP contribution >= 0.6 is 0 Å². The highest BCUT2D eigenvalue weighted by atomic mass is 16.5. The molecule has 18 heavy (non-hydrogen) atoms. The van der Waals surface area contributed by atoms with E-state index in [2.05, 4.69) is 24.1 Å². The highest BCUT2D eigenvalue weighted by Crippen LogP contribution is 2.04. The van der Waals surface area contributed by atoms with Crippen molar-refractivity contribution in [3.8, 4) is 0 Å². The minimum absolute atomic E-state index is 0.0522. The molecule has 1 N–H and O–H groups in total. The number of aryl methyl sites for hydroxylation is 1. The number of ether oxygens (including phenoxy) is 1. The molecule has 1 amide bonds. The molecule has 1 rings (SSSR count). The van der Waals surface area contributed by atoms with E-state index < -0.39 is 0 Å². The molecule has 1 atom stereocenters. The van der Waals surface area contributed by atoms with Gasteiger partial charge in [-0.15, -0.1) is 0 Å². The predicted octanol–water partition coefficient (Wildman–Crippen LogP) is 1.80. The molecule has 1 aromatic heterocycles. The molecule has 4 nitrogen and oxygen atoms in total. The number of carbonyl (C=O) groups excluding carboxylic acids is 1. The van der Waals surface area contributed by atoms with Crippen molar-refractivity contribution in [3.05, 3.63) is 30.1 Å². The zero-order valence-corrected chi connectivity index (χ0v) is 11.3. The quantitative estimate of drug-likeness (QED) is 0.803. The van der Waals surface area contributed by atoms with E-state index in [1.165, 1.54) is 0 Å². The Kier molecular flexibility index (Phi) is 6.36. The van der Waals surface area contributed by atoms with Gasteiger partial charge in [-0.05, 0) is 24.5 Å². The van der Waals surface area contributed by atoms with Crippen LogP contribution in [0.1, 0.15) is 26.0 Å². The first-order valence-electron chi connectivity index (χ1n) is 6.31. The molecule has 0 radical (unpaired) electrons. The van der Waals surface area contributed by atoms with Crippen LogP contribution in [-0.4, -0.2) is 30.6 Å². The largest absolute Gasteiger partial charge is 0.383 e. The molecule has 0 aliphatic rings. The molecule has 0 fully saturated rings. The van der Waals surface area contributed by atoms with Gasteiger partial charge in [0, 0.05) is 25.4 Å². The normalized spacial score (nSPS) is 12.4. The maximum Gasteiger partial charge on any atom is 0.220 e. The summed E-state index contributed by atoms with van der Waals surface area (Å²) in [6.45, 7) is 4.69. The van der Waals surface area contributed by atoms with Crippen LogP contribution in [0.15, 0.2) is 24.4 Å². The van der Waals surface area contributed by atoms with Crippen LogP contribution in [0.4, 0.5) is 0 Å². The highest BCUT2D eigenvalue weighted by molar-refractivity contribution is 5.76. The fourth-order valence-electron chi connectivity index (χ4n) is 1.65.